The van der Waals surface area contributed by atoms with Crippen molar-refractivity contribution in [2.24, 2.45) is 0 Å². The Bertz CT molecular complexity index is 378. The number of allylic oxidation sites excluding steroid dienone is 4. The van der Waals surface area contributed by atoms with Gasteiger partial charge in [-0.25, -0.2) is 0 Å². The second kappa shape index (κ2) is 10.3. The van der Waals surface area contributed by atoms with Gasteiger partial charge in [0.15, 0.2) is 0 Å². The van der Waals surface area contributed by atoms with Crippen LogP contribution in [0.15, 0.2) is 36.5 Å². The molecule has 0 heterocycles. The molecule has 120 valence electrons. The highest BCUT2D eigenvalue weighted by Crippen LogP contribution is 1.98. The summed E-state index contributed by atoms with van der Waals surface area (Å²) in [7, 11) is 0. The first-order chi connectivity index (χ1) is 9.72. The van der Waals surface area contributed by atoms with Crippen LogP contribution >= 0.6 is 0 Å². The van der Waals surface area contributed by atoms with Crippen molar-refractivity contribution in [1.82, 2.24) is 5.32 Å². The molecule has 0 saturated heterocycles. The number of nitrogens with one attached hydrogen (secondary N) is 1. The molecule has 5 nitrogen and oxygen atoms in total. The predicted octanol–water partition coefficient (Wildman–Crippen LogP) is 1.06. The van der Waals surface area contributed by atoms with Crippen LogP contribution in [-0.4, -0.2) is 45.6 Å². The minimum atomic E-state index is -0.908. The molecule has 21 heavy (non-hydrogen) atoms. The highest BCUT2D eigenvalue weighted by molar-refractivity contribution is 5.87. The Labute approximate surface area is 126 Å². The van der Waals surface area contributed by atoms with Gasteiger partial charge in [0, 0.05) is 6.54 Å². The van der Waals surface area contributed by atoms with E-state index in [0.717, 1.165) is 12.8 Å². The summed E-state index contributed by atoms with van der Waals surface area (Å²) in [5.41, 5.74) is -0.908. The first-order valence-corrected chi connectivity index (χ1v) is 7.08. The van der Waals surface area contributed by atoms with Gasteiger partial charge in [-0.05, 0) is 39.7 Å². The van der Waals surface area contributed by atoms with E-state index in [1.165, 1.54) is 19.1 Å². The van der Waals surface area contributed by atoms with Gasteiger partial charge < -0.3 is 20.6 Å². The van der Waals surface area contributed by atoms with E-state index in [1.54, 1.807) is 32.1 Å². The molecular formula is C16H27NO4. The van der Waals surface area contributed by atoms with Crippen LogP contribution in [-0.2, 0) is 4.79 Å². The molecule has 5 heteroatoms. The third kappa shape index (κ3) is 13.3. The van der Waals surface area contributed by atoms with E-state index in [9.17, 15) is 15.0 Å². The monoisotopic (exact) mass is 297 g/mol. The number of carbonyl (C=O) groups is 1. The second-order valence-electron chi connectivity index (χ2n) is 5.55. The van der Waals surface area contributed by atoms with Gasteiger partial charge in [0.05, 0.1) is 17.8 Å². The Morgan fingerprint density at radius 1 is 1.19 bits per heavy atom. The number of hydrogen-bond acceptors (Lipinski definition) is 4. The van der Waals surface area contributed by atoms with Gasteiger partial charge in [0.2, 0.25) is 5.91 Å². The topological polar surface area (TPSA) is 89.8 Å². The number of unbranched alkanes of at least 4 members (excludes halogenated alkanes) is 1. The fourth-order valence-electron chi connectivity index (χ4n) is 1.26. The number of rotatable bonds is 9. The Balaban J connectivity index is 3.79. The molecule has 0 unspecified atom stereocenters. The number of amides is 1. The fraction of sp³-hybridized carbons (Fsp3) is 0.562. The van der Waals surface area contributed by atoms with Crippen LogP contribution < -0.4 is 5.32 Å². The molecule has 2 atom stereocenters. The van der Waals surface area contributed by atoms with E-state index >= 15 is 0 Å². The molecule has 0 aliphatic heterocycles. The minimum absolute atomic E-state index is 0.215. The lowest BCUT2D eigenvalue weighted by Gasteiger charge is -2.16. The summed E-state index contributed by atoms with van der Waals surface area (Å²) in [6, 6.07) is 0. The van der Waals surface area contributed by atoms with Crippen molar-refractivity contribution in [2.75, 3.05) is 6.54 Å². The number of aliphatic hydroxyl groups excluding tert-OH is 2. The summed E-state index contributed by atoms with van der Waals surface area (Å²) in [5, 5.41) is 30.4. The Morgan fingerprint density at radius 2 is 1.81 bits per heavy atom. The zero-order valence-corrected chi connectivity index (χ0v) is 13.0. The van der Waals surface area contributed by atoms with Crippen LogP contribution in [0.4, 0.5) is 0 Å². The first-order valence-electron chi connectivity index (χ1n) is 7.08. The minimum Gasteiger partial charge on any atom is -0.390 e. The second-order valence-corrected chi connectivity index (χ2v) is 5.55. The van der Waals surface area contributed by atoms with E-state index in [-0.39, 0.29) is 12.5 Å². The van der Waals surface area contributed by atoms with Gasteiger partial charge in [0.1, 0.15) is 0 Å². The summed E-state index contributed by atoms with van der Waals surface area (Å²) in [5.74, 6) is -0.221. The van der Waals surface area contributed by atoms with Crippen LogP contribution in [0.1, 0.15) is 33.6 Å². The zero-order chi connectivity index (χ0) is 16.3. The van der Waals surface area contributed by atoms with Crippen molar-refractivity contribution >= 4 is 5.91 Å². The molecule has 0 saturated carbocycles. The third-order valence-corrected chi connectivity index (χ3v) is 2.51. The van der Waals surface area contributed by atoms with E-state index in [4.69, 9.17) is 5.11 Å². The summed E-state index contributed by atoms with van der Waals surface area (Å²) in [6.07, 6.45) is 9.96. The molecule has 0 aromatic heterocycles. The fourth-order valence-corrected chi connectivity index (χ4v) is 1.26. The van der Waals surface area contributed by atoms with Crippen molar-refractivity contribution in [2.45, 2.75) is 51.4 Å². The highest BCUT2D eigenvalue weighted by Gasteiger charge is 2.12. The molecular weight excluding hydrogens is 270 g/mol. The standard InChI is InChI=1S/C16H27NO4/c1-13(18)14(19)10-8-6-4-5-7-9-11-15(20)17-12-16(2,3)21/h4,6,8-11,13-14,18-19,21H,5,7,12H2,1-3H3,(H,17,20)/b6-4-,10-8+,11-9+/t13-,14+/m1/s1. The Kier molecular flexibility index (Phi) is 9.62. The van der Waals surface area contributed by atoms with Crippen LogP contribution in [0.5, 0.6) is 0 Å². The maximum atomic E-state index is 11.4. The molecule has 1 amide bonds. The van der Waals surface area contributed by atoms with Gasteiger partial charge >= 0.3 is 0 Å². The van der Waals surface area contributed by atoms with Crippen molar-refractivity contribution < 1.29 is 20.1 Å². The Morgan fingerprint density at radius 3 is 2.38 bits per heavy atom. The van der Waals surface area contributed by atoms with Crippen molar-refractivity contribution in [3.8, 4) is 0 Å². The first kappa shape index (κ1) is 19.6. The number of hydrogen-bond donors (Lipinski definition) is 4. The van der Waals surface area contributed by atoms with Gasteiger partial charge in [-0.15, -0.1) is 0 Å². The predicted molar refractivity (Wildman–Crippen MR) is 83.6 cm³/mol. The van der Waals surface area contributed by atoms with Gasteiger partial charge in [-0.2, -0.15) is 0 Å². The lowest BCUT2D eigenvalue weighted by molar-refractivity contribution is -0.117. The van der Waals surface area contributed by atoms with Crippen LogP contribution in [0, 0.1) is 0 Å². The third-order valence-electron chi connectivity index (χ3n) is 2.51. The molecule has 0 aromatic rings. The lowest BCUT2D eigenvalue weighted by Crippen LogP contribution is -2.37. The maximum absolute atomic E-state index is 11.4. The number of carbonyl (C=O) groups excluding carboxylic acids is 1. The average molecular weight is 297 g/mol. The highest BCUT2D eigenvalue weighted by atomic mass is 16.3. The lowest BCUT2D eigenvalue weighted by atomic mass is 10.1. The van der Waals surface area contributed by atoms with E-state index in [0.29, 0.717) is 0 Å². The molecule has 4 N–H and O–H groups in total. The maximum Gasteiger partial charge on any atom is 0.243 e. The van der Waals surface area contributed by atoms with Crippen molar-refractivity contribution in [3.63, 3.8) is 0 Å². The van der Waals surface area contributed by atoms with Gasteiger partial charge in [0.25, 0.3) is 0 Å². The van der Waals surface area contributed by atoms with E-state index < -0.39 is 17.8 Å². The van der Waals surface area contributed by atoms with Crippen molar-refractivity contribution in [1.29, 1.82) is 0 Å². The van der Waals surface area contributed by atoms with Gasteiger partial charge in [-0.3, -0.25) is 4.79 Å². The quantitative estimate of drug-likeness (QED) is 0.291. The molecule has 0 aliphatic carbocycles. The summed E-state index contributed by atoms with van der Waals surface area (Å²) in [6.45, 7) is 4.99. The molecule has 0 aliphatic rings. The van der Waals surface area contributed by atoms with E-state index in [1.807, 2.05) is 6.08 Å². The molecule has 0 radical (unpaired) electrons. The largest absolute Gasteiger partial charge is 0.390 e. The van der Waals surface area contributed by atoms with Gasteiger partial charge in [-0.1, -0.05) is 30.4 Å². The normalized spacial score (nSPS) is 15.9. The Hall–Kier alpha value is -1.43. The molecule has 0 spiro atoms. The smallest absolute Gasteiger partial charge is 0.243 e. The SMILES string of the molecule is C[C@@H](O)[C@@H](O)/C=C/C=C\CC/C=C/C(=O)NCC(C)(C)O. The summed E-state index contributed by atoms with van der Waals surface area (Å²) >= 11 is 0. The molecule has 0 fully saturated rings. The summed E-state index contributed by atoms with van der Waals surface area (Å²) < 4.78 is 0. The van der Waals surface area contributed by atoms with Crippen LogP contribution in [0.25, 0.3) is 0 Å². The molecule has 0 bridgehead atoms. The summed E-state index contributed by atoms with van der Waals surface area (Å²) in [4.78, 5) is 11.4. The van der Waals surface area contributed by atoms with Crippen LogP contribution in [0.2, 0.25) is 0 Å². The number of aliphatic hydroxyl groups is 3. The molecule has 0 rings (SSSR count). The van der Waals surface area contributed by atoms with E-state index in [2.05, 4.69) is 5.32 Å². The zero-order valence-electron chi connectivity index (χ0n) is 13.0. The molecule has 0 aromatic carbocycles. The van der Waals surface area contributed by atoms with Crippen molar-refractivity contribution in [3.05, 3.63) is 36.5 Å². The van der Waals surface area contributed by atoms with Crippen LogP contribution in [0.3, 0.4) is 0 Å². The average Bonchev–Trinajstić information content (AvgIpc) is 2.38.